The zero-order valence-corrected chi connectivity index (χ0v) is 28.6. The Labute approximate surface area is 303 Å². The van der Waals surface area contributed by atoms with Crippen LogP contribution in [0.25, 0.3) is 98.7 Å². The summed E-state index contributed by atoms with van der Waals surface area (Å²) in [5.74, 6) is 0. The van der Waals surface area contributed by atoms with E-state index in [-0.39, 0.29) is 0 Å². The highest BCUT2D eigenvalue weighted by atomic mass is 14.2. The van der Waals surface area contributed by atoms with Crippen LogP contribution in [-0.2, 0) is 0 Å². The maximum Gasteiger partial charge on any atom is -0.00262 e. The number of benzene rings is 10. The van der Waals surface area contributed by atoms with Gasteiger partial charge in [-0.2, -0.15) is 0 Å². The third-order valence-electron chi connectivity index (χ3n) is 10.6. The first-order chi connectivity index (χ1) is 25.8. The van der Waals surface area contributed by atoms with Gasteiger partial charge >= 0.3 is 0 Å². The van der Waals surface area contributed by atoms with Crippen molar-refractivity contribution in [3.8, 4) is 55.6 Å². The Bertz CT molecular complexity index is 2880. The molecule has 0 unspecified atom stereocenters. The summed E-state index contributed by atoms with van der Waals surface area (Å²) in [4.78, 5) is 0. The molecule has 0 aliphatic carbocycles. The molecular weight excluding hydrogens is 625 g/mol. The molecule has 10 aromatic carbocycles. The Morgan fingerprint density at radius 3 is 1.31 bits per heavy atom. The van der Waals surface area contributed by atoms with E-state index in [2.05, 4.69) is 206 Å². The van der Waals surface area contributed by atoms with Crippen molar-refractivity contribution in [3.05, 3.63) is 206 Å². The Hall–Kier alpha value is -6.76. The molecule has 0 spiro atoms. The van der Waals surface area contributed by atoms with Gasteiger partial charge in [0.05, 0.1) is 0 Å². The van der Waals surface area contributed by atoms with Crippen LogP contribution < -0.4 is 0 Å². The van der Waals surface area contributed by atoms with Crippen molar-refractivity contribution in [2.75, 3.05) is 0 Å². The zero-order valence-electron chi connectivity index (χ0n) is 28.6. The van der Waals surface area contributed by atoms with Gasteiger partial charge in [-0.05, 0) is 117 Å². The van der Waals surface area contributed by atoms with E-state index in [0.717, 1.165) is 0 Å². The molecule has 52 heavy (non-hydrogen) atoms. The van der Waals surface area contributed by atoms with Crippen molar-refractivity contribution in [2.24, 2.45) is 0 Å². The average molecular weight is 659 g/mol. The summed E-state index contributed by atoms with van der Waals surface area (Å²) in [7, 11) is 0. The van der Waals surface area contributed by atoms with Gasteiger partial charge in [-0.1, -0.05) is 188 Å². The second kappa shape index (κ2) is 12.5. The second-order valence-corrected chi connectivity index (χ2v) is 13.7. The van der Waals surface area contributed by atoms with E-state index < -0.39 is 0 Å². The Morgan fingerprint density at radius 2 is 0.615 bits per heavy atom. The van der Waals surface area contributed by atoms with E-state index in [1.165, 1.54) is 98.7 Å². The molecule has 0 heterocycles. The Kier molecular flexibility index (Phi) is 7.25. The lowest BCUT2D eigenvalue weighted by Gasteiger charge is -2.18. The van der Waals surface area contributed by atoms with Crippen molar-refractivity contribution in [2.45, 2.75) is 0 Å². The van der Waals surface area contributed by atoms with Crippen LogP contribution in [0.1, 0.15) is 0 Å². The molecular formula is C52H34. The summed E-state index contributed by atoms with van der Waals surface area (Å²) in [6, 6.07) is 75.5. The van der Waals surface area contributed by atoms with E-state index in [9.17, 15) is 0 Å². The molecule has 0 atom stereocenters. The summed E-state index contributed by atoms with van der Waals surface area (Å²) >= 11 is 0. The quantitative estimate of drug-likeness (QED) is 0.161. The number of hydrogen-bond acceptors (Lipinski definition) is 0. The van der Waals surface area contributed by atoms with Crippen molar-refractivity contribution in [3.63, 3.8) is 0 Å². The van der Waals surface area contributed by atoms with Crippen LogP contribution in [0.15, 0.2) is 206 Å². The molecule has 0 amide bonds. The second-order valence-electron chi connectivity index (χ2n) is 13.7. The maximum atomic E-state index is 2.37. The maximum absolute atomic E-state index is 2.37. The van der Waals surface area contributed by atoms with Gasteiger partial charge in [-0.25, -0.2) is 0 Å². The number of rotatable bonds is 5. The van der Waals surface area contributed by atoms with E-state index in [4.69, 9.17) is 0 Å². The minimum absolute atomic E-state index is 1.21. The number of hydrogen-bond donors (Lipinski definition) is 0. The first-order valence-electron chi connectivity index (χ1n) is 18.0. The third-order valence-corrected chi connectivity index (χ3v) is 10.6. The lowest BCUT2D eigenvalue weighted by molar-refractivity contribution is 1.59. The molecule has 0 radical (unpaired) electrons. The van der Waals surface area contributed by atoms with Crippen molar-refractivity contribution in [1.82, 2.24) is 0 Å². The third kappa shape index (κ3) is 5.16. The molecule has 0 saturated heterocycles. The lowest BCUT2D eigenvalue weighted by atomic mass is 9.85. The first kappa shape index (κ1) is 30.1. The fourth-order valence-corrected chi connectivity index (χ4v) is 8.15. The molecule has 0 aliphatic heterocycles. The predicted molar refractivity (Wildman–Crippen MR) is 224 cm³/mol. The van der Waals surface area contributed by atoms with E-state index >= 15 is 0 Å². The smallest absolute Gasteiger partial charge is 0.00262 e. The zero-order chi connectivity index (χ0) is 34.4. The summed E-state index contributed by atoms with van der Waals surface area (Å²) in [5, 5.41) is 10.1. The molecule has 10 rings (SSSR count). The van der Waals surface area contributed by atoms with Crippen LogP contribution in [0.4, 0.5) is 0 Å². The van der Waals surface area contributed by atoms with Gasteiger partial charge in [-0.3, -0.25) is 0 Å². The average Bonchev–Trinajstić information content (AvgIpc) is 3.22. The van der Waals surface area contributed by atoms with Gasteiger partial charge in [0.2, 0.25) is 0 Å². The molecule has 0 fully saturated rings. The van der Waals surface area contributed by atoms with Crippen LogP contribution in [0.3, 0.4) is 0 Å². The molecule has 0 nitrogen and oxygen atoms in total. The van der Waals surface area contributed by atoms with Crippen molar-refractivity contribution >= 4 is 43.1 Å². The first-order valence-corrected chi connectivity index (χ1v) is 18.0. The van der Waals surface area contributed by atoms with Crippen LogP contribution in [-0.4, -0.2) is 0 Å². The van der Waals surface area contributed by atoms with Gasteiger partial charge in [-0.15, -0.1) is 0 Å². The fourth-order valence-electron chi connectivity index (χ4n) is 8.15. The monoisotopic (exact) mass is 658 g/mol. The van der Waals surface area contributed by atoms with Crippen molar-refractivity contribution < 1.29 is 0 Å². The van der Waals surface area contributed by atoms with Crippen molar-refractivity contribution in [1.29, 1.82) is 0 Å². The van der Waals surface area contributed by atoms with Gasteiger partial charge < -0.3 is 0 Å². The van der Waals surface area contributed by atoms with Gasteiger partial charge in [0.25, 0.3) is 0 Å². The molecule has 0 aliphatic rings. The van der Waals surface area contributed by atoms with Gasteiger partial charge in [0, 0.05) is 0 Å². The molecule has 0 bridgehead atoms. The minimum atomic E-state index is 1.21. The number of fused-ring (bicyclic) bond motifs is 4. The molecule has 0 heteroatoms. The molecule has 242 valence electrons. The summed E-state index contributed by atoms with van der Waals surface area (Å²) in [6.45, 7) is 0. The van der Waals surface area contributed by atoms with Gasteiger partial charge in [0.1, 0.15) is 0 Å². The van der Waals surface area contributed by atoms with Crippen LogP contribution in [0.5, 0.6) is 0 Å². The highest BCUT2D eigenvalue weighted by molar-refractivity contribution is 6.21. The lowest BCUT2D eigenvalue weighted by Crippen LogP contribution is -1.91. The Balaban J connectivity index is 1.08. The summed E-state index contributed by atoms with van der Waals surface area (Å²) in [6.07, 6.45) is 0. The fraction of sp³-hybridized carbons (Fsp3) is 0. The summed E-state index contributed by atoms with van der Waals surface area (Å²) < 4.78 is 0. The standard InChI is InChI=1S/C52H34/c1-2-14-39-33-42(31-28-35(39)12-1)41-17-9-16-40(32-41)36-26-29-38(30-27-36)51-47-21-5-7-23-49(47)52(50-24-8-6-22-48(50)51)44-19-10-18-43(34-44)46-25-11-15-37-13-3-4-20-45(37)46/h1-34H. The van der Waals surface area contributed by atoms with Crippen LogP contribution in [0.2, 0.25) is 0 Å². The Morgan fingerprint density at radius 1 is 0.192 bits per heavy atom. The largest absolute Gasteiger partial charge is 0.0616 e. The van der Waals surface area contributed by atoms with E-state index in [0.29, 0.717) is 0 Å². The van der Waals surface area contributed by atoms with Crippen LogP contribution >= 0.6 is 0 Å². The molecule has 0 saturated carbocycles. The van der Waals surface area contributed by atoms with E-state index in [1.54, 1.807) is 0 Å². The SMILES string of the molecule is c1cc(-c2ccc(-c3c4ccccc4c(-c4cccc(-c5cccc6ccccc56)c4)c4ccccc34)cc2)cc(-c2ccc3ccccc3c2)c1. The molecule has 0 aromatic heterocycles. The highest BCUT2D eigenvalue weighted by Crippen LogP contribution is 2.45. The van der Waals surface area contributed by atoms with E-state index in [1.807, 2.05) is 0 Å². The highest BCUT2D eigenvalue weighted by Gasteiger charge is 2.17. The molecule has 0 N–H and O–H groups in total. The predicted octanol–water partition coefficient (Wildman–Crippen LogP) is 14.6. The van der Waals surface area contributed by atoms with Gasteiger partial charge in [0.15, 0.2) is 0 Å². The molecule has 10 aromatic rings. The summed E-state index contributed by atoms with van der Waals surface area (Å²) in [5.41, 5.74) is 12.4. The topological polar surface area (TPSA) is 0 Å². The normalized spacial score (nSPS) is 11.5. The minimum Gasteiger partial charge on any atom is -0.0616 e. The van der Waals surface area contributed by atoms with Crippen LogP contribution in [0, 0.1) is 0 Å².